The van der Waals surface area contributed by atoms with Gasteiger partial charge >= 0.3 is 5.97 Å². The molecule has 0 atom stereocenters. The van der Waals surface area contributed by atoms with E-state index in [1.54, 1.807) is 49.5 Å². The zero-order valence-electron chi connectivity index (χ0n) is 11.6. The average Bonchev–Trinajstić information content (AvgIpc) is 2.53. The van der Waals surface area contributed by atoms with Gasteiger partial charge in [0.05, 0.1) is 11.3 Å². The Balaban J connectivity index is 2.32. The molecule has 0 unspecified atom stereocenters. The zero-order chi connectivity index (χ0) is 15.4. The third kappa shape index (κ3) is 3.09. The third-order valence-corrected chi connectivity index (χ3v) is 3.24. The standard InChI is InChI=1S/C16H16N2O3/c1-18(14-5-3-2-4-13(14)16(20)21)15(19)12-8-6-11(10-17)7-9-12/h2-9H,10,17H2,1H3,(H,20,21). The number of hydrogen-bond donors (Lipinski definition) is 2. The number of aromatic carboxylic acids is 1. The van der Waals surface area contributed by atoms with Gasteiger partial charge in [-0.15, -0.1) is 0 Å². The number of rotatable bonds is 4. The van der Waals surface area contributed by atoms with Crippen LogP contribution in [0.25, 0.3) is 0 Å². The van der Waals surface area contributed by atoms with E-state index < -0.39 is 5.97 Å². The van der Waals surface area contributed by atoms with Crippen LogP contribution in [0, 0.1) is 0 Å². The highest BCUT2D eigenvalue weighted by Gasteiger charge is 2.18. The molecule has 0 saturated carbocycles. The fraction of sp³-hybridized carbons (Fsp3) is 0.125. The Morgan fingerprint density at radius 1 is 1.10 bits per heavy atom. The van der Waals surface area contributed by atoms with E-state index in [4.69, 9.17) is 5.73 Å². The summed E-state index contributed by atoms with van der Waals surface area (Å²) in [5.74, 6) is -1.34. The van der Waals surface area contributed by atoms with Gasteiger partial charge in [0, 0.05) is 19.2 Å². The van der Waals surface area contributed by atoms with Crippen molar-refractivity contribution < 1.29 is 14.7 Å². The van der Waals surface area contributed by atoms with Gasteiger partial charge in [-0.05, 0) is 29.8 Å². The Hall–Kier alpha value is -2.66. The largest absolute Gasteiger partial charge is 0.478 e. The highest BCUT2D eigenvalue weighted by molar-refractivity contribution is 6.09. The lowest BCUT2D eigenvalue weighted by Gasteiger charge is -2.19. The Bertz CT molecular complexity index is 665. The monoisotopic (exact) mass is 284 g/mol. The number of carbonyl (C=O) groups is 2. The van der Waals surface area contributed by atoms with E-state index >= 15 is 0 Å². The average molecular weight is 284 g/mol. The summed E-state index contributed by atoms with van der Waals surface area (Å²) in [6.45, 7) is 0.409. The lowest BCUT2D eigenvalue weighted by molar-refractivity contribution is 0.0697. The Kier molecular flexibility index (Phi) is 4.35. The van der Waals surface area contributed by atoms with Crippen molar-refractivity contribution in [3.63, 3.8) is 0 Å². The van der Waals surface area contributed by atoms with Gasteiger partial charge in [-0.2, -0.15) is 0 Å². The lowest BCUT2D eigenvalue weighted by atomic mass is 10.1. The van der Waals surface area contributed by atoms with Crippen LogP contribution in [0.2, 0.25) is 0 Å². The summed E-state index contributed by atoms with van der Waals surface area (Å²) in [7, 11) is 1.56. The fourth-order valence-electron chi connectivity index (χ4n) is 2.03. The Morgan fingerprint density at radius 2 is 1.71 bits per heavy atom. The first-order chi connectivity index (χ1) is 10.0. The van der Waals surface area contributed by atoms with Gasteiger partial charge in [0.1, 0.15) is 0 Å². The van der Waals surface area contributed by atoms with Crippen LogP contribution in [0.5, 0.6) is 0 Å². The van der Waals surface area contributed by atoms with Crippen LogP contribution in [0.3, 0.4) is 0 Å². The minimum atomic E-state index is -1.07. The minimum Gasteiger partial charge on any atom is -0.478 e. The van der Waals surface area contributed by atoms with Crippen LogP contribution in [0.4, 0.5) is 5.69 Å². The summed E-state index contributed by atoms with van der Waals surface area (Å²) in [5.41, 5.74) is 7.38. The molecule has 2 aromatic rings. The van der Waals surface area contributed by atoms with E-state index in [1.807, 2.05) is 0 Å². The fourth-order valence-corrected chi connectivity index (χ4v) is 2.03. The predicted molar refractivity (Wildman–Crippen MR) is 80.5 cm³/mol. The molecular formula is C16H16N2O3. The summed E-state index contributed by atoms with van der Waals surface area (Å²) in [4.78, 5) is 25.0. The number of amides is 1. The van der Waals surface area contributed by atoms with E-state index in [-0.39, 0.29) is 11.5 Å². The molecule has 1 amide bonds. The van der Waals surface area contributed by atoms with Crippen molar-refractivity contribution in [2.24, 2.45) is 5.73 Å². The normalized spacial score (nSPS) is 10.2. The van der Waals surface area contributed by atoms with Crippen LogP contribution in [-0.2, 0) is 6.54 Å². The molecule has 0 aliphatic rings. The number of carboxylic acid groups (broad SMARTS) is 1. The van der Waals surface area contributed by atoms with Crippen molar-refractivity contribution in [3.8, 4) is 0 Å². The van der Waals surface area contributed by atoms with Crippen LogP contribution in [0.1, 0.15) is 26.3 Å². The molecule has 2 rings (SSSR count). The van der Waals surface area contributed by atoms with Crippen LogP contribution in [-0.4, -0.2) is 24.0 Å². The smallest absolute Gasteiger partial charge is 0.337 e. The molecule has 2 aromatic carbocycles. The summed E-state index contributed by atoms with van der Waals surface area (Å²) >= 11 is 0. The number of nitrogens with zero attached hydrogens (tertiary/aromatic N) is 1. The SMILES string of the molecule is CN(C(=O)c1ccc(CN)cc1)c1ccccc1C(=O)O. The number of carbonyl (C=O) groups excluding carboxylic acids is 1. The first-order valence-corrected chi connectivity index (χ1v) is 6.44. The first-order valence-electron chi connectivity index (χ1n) is 6.44. The number of anilines is 1. The molecule has 5 nitrogen and oxygen atoms in total. The van der Waals surface area contributed by atoms with Crippen LogP contribution in [0.15, 0.2) is 48.5 Å². The van der Waals surface area contributed by atoms with Gasteiger partial charge in [0.25, 0.3) is 5.91 Å². The molecule has 0 spiro atoms. The lowest BCUT2D eigenvalue weighted by Crippen LogP contribution is -2.27. The number of hydrogen-bond acceptors (Lipinski definition) is 3. The molecular weight excluding hydrogens is 268 g/mol. The topological polar surface area (TPSA) is 83.6 Å². The molecule has 0 aromatic heterocycles. The van der Waals surface area contributed by atoms with E-state index in [0.29, 0.717) is 17.8 Å². The number of nitrogens with two attached hydrogens (primary N) is 1. The van der Waals surface area contributed by atoms with Gasteiger partial charge in [-0.3, -0.25) is 4.79 Å². The maximum atomic E-state index is 12.4. The summed E-state index contributed by atoms with van der Waals surface area (Å²) in [6.07, 6.45) is 0. The van der Waals surface area contributed by atoms with Gasteiger partial charge in [-0.1, -0.05) is 24.3 Å². The van der Waals surface area contributed by atoms with Crippen molar-refractivity contribution in [1.82, 2.24) is 0 Å². The second-order valence-corrected chi connectivity index (χ2v) is 4.59. The quantitative estimate of drug-likeness (QED) is 0.900. The summed E-state index contributed by atoms with van der Waals surface area (Å²) in [6, 6.07) is 13.3. The zero-order valence-corrected chi connectivity index (χ0v) is 11.6. The highest BCUT2D eigenvalue weighted by Crippen LogP contribution is 2.21. The molecule has 0 aliphatic carbocycles. The molecule has 0 heterocycles. The van der Waals surface area contributed by atoms with Crippen molar-refractivity contribution >= 4 is 17.6 Å². The van der Waals surface area contributed by atoms with Crippen molar-refractivity contribution in [2.75, 3.05) is 11.9 Å². The van der Waals surface area contributed by atoms with E-state index in [9.17, 15) is 14.7 Å². The molecule has 0 saturated heterocycles. The second-order valence-electron chi connectivity index (χ2n) is 4.59. The summed E-state index contributed by atoms with van der Waals surface area (Å²) < 4.78 is 0. The first kappa shape index (κ1) is 14.7. The molecule has 0 radical (unpaired) electrons. The molecule has 21 heavy (non-hydrogen) atoms. The van der Waals surface area contributed by atoms with E-state index in [1.165, 1.54) is 11.0 Å². The number of carboxylic acids is 1. The van der Waals surface area contributed by atoms with Crippen molar-refractivity contribution in [1.29, 1.82) is 0 Å². The summed E-state index contributed by atoms with van der Waals surface area (Å²) in [5, 5.41) is 9.18. The highest BCUT2D eigenvalue weighted by atomic mass is 16.4. The maximum Gasteiger partial charge on any atom is 0.337 e. The van der Waals surface area contributed by atoms with Gasteiger partial charge in [0.2, 0.25) is 0 Å². The minimum absolute atomic E-state index is 0.0897. The van der Waals surface area contributed by atoms with Gasteiger partial charge < -0.3 is 15.7 Å². The number of para-hydroxylation sites is 1. The maximum absolute atomic E-state index is 12.4. The molecule has 0 aliphatic heterocycles. The second kappa shape index (κ2) is 6.19. The number of benzene rings is 2. The molecule has 0 fully saturated rings. The Labute approximate surface area is 122 Å². The van der Waals surface area contributed by atoms with E-state index in [0.717, 1.165) is 5.56 Å². The molecule has 3 N–H and O–H groups in total. The van der Waals surface area contributed by atoms with Crippen LogP contribution >= 0.6 is 0 Å². The Morgan fingerprint density at radius 3 is 2.29 bits per heavy atom. The molecule has 0 bridgehead atoms. The van der Waals surface area contributed by atoms with Gasteiger partial charge in [0.15, 0.2) is 0 Å². The molecule has 108 valence electrons. The predicted octanol–water partition coefficient (Wildman–Crippen LogP) is 2.12. The molecule has 5 heteroatoms. The van der Waals surface area contributed by atoms with E-state index in [2.05, 4.69) is 0 Å². The third-order valence-electron chi connectivity index (χ3n) is 3.24. The van der Waals surface area contributed by atoms with Crippen molar-refractivity contribution in [3.05, 3.63) is 65.2 Å². The van der Waals surface area contributed by atoms with Gasteiger partial charge in [-0.25, -0.2) is 4.79 Å². The van der Waals surface area contributed by atoms with Crippen molar-refractivity contribution in [2.45, 2.75) is 6.54 Å². The van der Waals surface area contributed by atoms with Crippen LogP contribution < -0.4 is 10.6 Å².